The first kappa shape index (κ1) is 14.3. The van der Waals surface area contributed by atoms with Gasteiger partial charge in [0.1, 0.15) is 0 Å². The highest BCUT2D eigenvalue weighted by Crippen LogP contribution is 2.40. The molecule has 1 saturated carbocycles. The van der Waals surface area contributed by atoms with E-state index in [9.17, 15) is 9.59 Å². The maximum absolute atomic E-state index is 12.0. The normalized spacial score (nSPS) is 15.1. The van der Waals surface area contributed by atoms with Crippen LogP contribution in [0.2, 0.25) is 0 Å². The first-order chi connectivity index (χ1) is 10.7. The van der Waals surface area contributed by atoms with Crippen LogP contribution in [0.15, 0.2) is 47.1 Å². The third kappa shape index (κ3) is 3.52. The number of ether oxygens (including phenoxy) is 1. The topological polar surface area (TPSA) is 81.4 Å². The van der Waals surface area contributed by atoms with Crippen LogP contribution in [0.3, 0.4) is 0 Å². The molecule has 6 nitrogen and oxygen atoms in total. The Hall–Kier alpha value is -2.63. The van der Waals surface area contributed by atoms with Crippen molar-refractivity contribution < 1.29 is 18.8 Å². The lowest BCUT2D eigenvalue weighted by Crippen LogP contribution is -2.33. The van der Waals surface area contributed by atoms with Gasteiger partial charge in [-0.25, -0.2) is 4.79 Å². The lowest BCUT2D eigenvalue weighted by Gasteiger charge is -2.18. The van der Waals surface area contributed by atoms with Gasteiger partial charge in [-0.2, -0.15) is 0 Å². The number of nitrogens with zero attached hydrogens (tertiary/aromatic N) is 1. The van der Waals surface area contributed by atoms with Gasteiger partial charge in [0.2, 0.25) is 5.76 Å². The van der Waals surface area contributed by atoms with Gasteiger partial charge in [-0.3, -0.25) is 4.79 Å². The van der Waals surface area contributed by atoms with Gasteiger partial charge in [-0.1, -0.05) is 35.5 Å². The summed E-state index contributed by atoms with van der Waals surface area (Å²) in [4.78, 5) is 23.6. The van der Waals surface area contributed by atoms with E-state index in [0.29, 0.717) is 5.92 Å². The fourth-order valence-corrected chi connectivity index (χ4v) is 2.30. The zero-order valence-corrected chi connectivity index (χ0v) is 11.9. The Morgan fingerprint density at radius 1 is 1.27 bits per heavy atom. The molecule has 1 aliphatic rings. The molecule has 0 aliphatic heterocycles. The summed E-state index contributed by atoms with van der Waals surface area (Å²) in [6, 6.07) is 11.2. The highest BCUT2D eigenvalue weighted by molar-refractivity contribution is 5.88. The largest absolute Gasteiger partial charge is 0.450 e. The van der Waals surface area contributed by atoms with E-state index < -0.39 is 5.97 Å². The molecule has 2 aromatic rings. The second-order valence-corrected chi connectivity index (χ2v) is 5.25. The number of aromatic nitrogens is 1. The fraction of sp³-hybridized carbons (Fsp3) is 0.312. The van der Waals surface area contributed by atoms with Gasteiger partial charge in [0.25, 0.3) is 5.91 Å². The van der Waals surface area contributed by atoms with Crippen LogP contribution in [0, 0.1) is 5.92 Å². The van der Waals surface area contributed by atoms with Crippen LogP contribution in [-0.2, 0) is 9.53 Å². The molecule has 1 amide bonds. The Balaban J connectivity index is 1.55. The maximum Gasteiger partial charge on any atom is 0.377 e. The monoisotopic (exact) mass is 300 g/mol. The van der Waals surface area contributed by atoms with E-state index in [0.717, 1.165) is 18.4 Å². The van der Waals surface area contributed by atoms with E-state index in [4.69, 9.17) is 4.74 Å². The molecule has 1 heterocycles. The van der Waals surface area contributed by atoms with Gasteiger partial charge >= 0.3 is 5.97 Å². The molecular formula is C16H16N2O4. The Morgan fingerprint density at radius 3 is 2.68 bits per heavy atom. The molecule has 0 bridgehead atoms. The summed E-state index contributed by atoms with van der Waals surface area (Å²) in [5.41, 5.74) is 1.07. The molecule has 1 atom stereocenters. The highest BCUT2D eigenvalue weighted by atomic mass is 16.6. The second kappa shape index (κ2) is 6.43. The molecule has 1 N–H and O–H groups in total. The van der Waals surface area contributed by atoms with Crippen LogP contribution in [0.1, 0.15) is 35.0 Å². The molecule has 0 radical (unpaired) electrons. The lowest BCUT2D eigenvalue weighted by molar-refractivity contribution is -0.125. The van der Waals surface area contributed by atoms with Crippen LogP contribution >= 0.6 is 0 Å². The van der Waals surface area contributed by atoms with Crippen LogP contribution < -0.4 is 5.32 Å². The van der Waals surface area contributed by atoms with E-state index >= 15 is 0 Å². The predicted octanol–water partition coefficient (Wildman–Crippen LogP) is 2.10. The number of hydrogen-bond acceptors (Lipinski definition) is 5. The molecular weight excluding hydrogens is 284 g/mol. The minimum Gasteiger partial charge on any atom is -0.450 e. The molecule has 1 fully saturated rings. The average Bonchev–Trinajstić information content (AvgIpc) is 3.24. The molecule has 0 saturated heterocycles. The zero-order chi connectivity index (χ0) is 15.4. The molecule has 114 valence electrons. The zero-order valence-electron chi connectivity index (χ0n) is 11.9. The summed E-state index contributed by atoms with van der Waals surface area (Å²) in [6.07, 6.45) is 3.53. The number of nitrogens with one attached hydrogen (secondary N) is 1. The summed E-state index contributed by atoms with van der Waals surface area (Å²) in [5, 5.41) is 6.35. The minimum atomic E-state index is -0.699. The van der Waals surface area contributed by atoms with Crippen molar-refractivity contribution in [1.29, 1.82) is 0 Å². The Labute approximate surface area is 127 Å². The van der Waals surface area contributed by atoms with E-state index in [-0.39, 0.29) is 24.3 Å². The third-order valence-corrected chi connectivity index (χ3v) is 3.54. The van der Waals surface area contributed by atoms with E-state index in [1.807, 2.05) is 30.3 Å². The van der Waals surface area contributed by atoms with Gasteiger partial charge in [-0.15, -0.1) is 0 Å². The van der Waals surface area contributed by atoms with Gasteiger partial charge in [-0.05, 0) is 24.3 Å². The molecule has 22 heavy (non-hydrogen) atoms. The van der Waals surface area contributed by atoms with E-state index in [1.165, 1.54) is 12.3 Å². The van der Waals surface area contributed by atoms with Gasteiger partial charge < -0.3 is 14.6 Å². The summed E-state index contributed by atoms with van der Waals surface area (Å²) in [6.45, 7) is -0.338. The van der Waals surface area contributed by atoms with Crippen molar-refractivity contribution in [2.75, 3.05) is 6.61 Å². The summed E-state index contributed by atoms with van der Waals surface area (Å²) in [7, 11) is 0. The molecule has 0 unspecified atom stereocenters. The number of benzene rings is 1. The number of carbonyl (C=O) groups is 2. The smallest absolute Gasteiger partial charge is 0.377 e. The maximum atomic E-state index is 12.0. The Morgan fingerprint density at radius 2 is 2.05 bits per heavy atom. The number of amides is 1. The number of esters is 1. The van der Waals surface area contributed by atoms with Crippen molar-refractivity contribution in [2.45, 2.75) is 18.9 Å². The standard InChI is InChI=1S/C16H16N2O4/c19-14(10-21-16(20)13-8-9-17-22-13)18-15(12-6-7-12)11-4-2-1-3-5-11/h1-5,8-9,12,15H,6-7,10H2,(H,18,19)/t15-/m1/s1. The van der Waals surface area contributed by atoms with Crippen LogP contribution in [0.5, 0.6) is 0 Å². The molecule has 6 heteroatoms. The molecule has 1 aliphatic carbocycles. The fourth-order valence-electron chi connectivity index (χ4n) is 2.30. The lowest BCUT2D eigenvalue weighted by atomic mass is 10.0. The van der Waals surface area contributed by atoms with Gasteiger partial charge in [0, 0.05) is 6.07 Å². The highest BCUT2D eigenvalue weighted by Gasteiger charge is 2.33. The number of carbonyl (C=O) groups excluding carboxylic acids is 2. The molecule has 1 aromatic heterocycles. The van der Waals surface area contributed by atoms with E-state index in [2.05, 4.69) is 15.0 Å². The van der Waals surface area contributed by atoms with Gasteiger partial charge in [0.15, 0.2) is 6.61 Å². The Bertz CT molecular complexity index is 635. The van der Waals surface area contributed by atoms with E-state index in [1.54, 1.807) is 0 Å². The van der Waals surface area contributed by atoms with Gasteiger partial charge in [0.05, 0.1) is 12.2 Å². The number of rotatable bonds is 6. The van der Waals surface area contributed by atoms with Crippen LogP contribution in [0.4, 0.5) is 0 Å². The van der Waals surface area contributed by atoms with Crippen LogP contribution in [-0.4, -0.2) is 23.6 Å². The van der Waals surface area contributed by atoms with Crippen molar-refractivity contribution in [1.82, 2.24) is 10.5 Å². The summed E-state index contributed by atoms with van der Waals surface area (Å²) in [5.74, 6) is -0.588. The first-order valence-electron chi connectivity index (χ1n) is 7.16. The number of hydrogen-bond donors (Lipinski definition) is 1. The summed E-state index contributed by atoms with van der Waals surface area (Å²) >= 11 is 0. The quantitative estimate of drug-likeness (QED) is 0.826. The van der Waals surface area contributed by atoms with Crippen molar-refractivity contribution in [3.8, 4) is 0 Å². The second-order valence-electron chi connectivity index (χ2n) is 5.25. The van der Waals surface area contributed by atoms with Crippen molar-refractivity contribution in [3.05, 3.63) is 53.9 Å². The average molecular weight is 300 g/mol. The van der Waals surface area contributed by atoms with Crippen molar-refractivity contribution in [3.63, 3.8) is 0 Å². The van der Waals surface area contributed by atoms with Crippen LogP contribution in [0.25, 0.3) is 0 Å². The predicted molar refractivity (Wildman–Crippen MR) is 76.8 cm³/mol. The van der Waals surface area contributed by atoms with Crippen molar-refractivity contribution in [2.24, 2.45) is 5.92 Å². The summed E-state index contributed by atoms with van der Waals surface area (Å²) < 4.78 is 9.57. The Kier molecular flexibility index (Phi) is 4.18. The third-order valence-electron chi connectivity index (χ3n) is 3.54. The molecule has 1 aromatic carbocycles. The SMILES string of the molecule is O=C(COC(=O)c1ccno1)N[C@H](c1ccccc1)C1CC1. The molecule has 3 rings (SSSR count). The molecule has 0 spiro atoms. The minimum absolute atomic E-state index is 0.0189. The first-order valence-corrected chi connectivity index (χ1v) is 7.16. The van der Waals surface area contributed by atoms with Crippen molar-refractivity contribution >= 4 is 11.9 Å².